The lowest BCUT2D eigenvalue weighted by Crippen LogP contribution is -2.45. The van der Waals surface area contributed by atoms with Crippen molar-refractivity contribution in [3.63, 3.8) is 0 Å². The summed E-state index contributed by atoms with van der Waals surface area (Å²) in [5.74, 6) is 0.543. The number of hydrogen-bond donors (Lipinski definition) is 4. The van der Waals surface area contributed by atoms with Gasteiger partial charge in [0.15, 0.2) is 0 Å². The van der Waals surface area contributed by atoms with Gasteiger partial charge in [-0.2, -0.15) is 0 Å². The fourth-order valence-corrected chi connectivity index (χ4v) is 4.19. The van der Waals surface area contributed by atoms with Crippen LogP contribution in [0.4, 0.5) is 10.5 Å². The number of fused-ring (bicyclic) bond motifs is 1. The average Bonchev–Trinajstić information content (AvgIpc) is 3.37. The highest BCUT2D eigenvalue weighted by molar-refractivity contribution is 5.94. The van der Waals surface area contributed by atoms with Crippen LogP contribution in [0.15, 0.2) is 54.7 Å². The molecule has 2 amide bonds. The molecule has 0 bridgehead atoms. The molecular weight excluding hydrogens is 448 g/mol. The third-order valence-corrected chi connectivity index (χ3v) is 5.98. The molecule has 9 heteroatoms. The van der Waals surface area contributed by atoms with Crippen molar-refractivity contribution in [3.8, 4) is 5.75 Å². The van der Waals surface area contributed by atoms with Crippen molar-refractivity contribution in [2.24, 2.45) is 0 Å². The molecule has 2 aromatic carbocycles. The van der Waals surface area contributed by atoms with Crippen molar-refractivity contribution >= 4 is 28.6 Å². The Morgan fingerprint density at radius 2 is 1.89 bits per heavy atom. The van der Waals surface area contributed by atoms with Crippen molar-refractivity contribution in [2.45, 2.75) is 31.5 Å². The van der Waals surface area contributed by atoms with Crippen LogP contribution >= 0.6 is 0 Å². The first-order valence-corrected chi connectivity index (χ1v) is 11.9. The van der Waals surface area contributed by atoms with Crippen molar-refractivity contribution in [3.05, 3.63) is 60.3 Å². The van der Waals surface area contributed by atoms with Crippen LogP contribution in [0.2, 0.25) is 0 Å². The predicted octanol–water partition coefficient (Wildman–Crippen LogP) is 3.22. The number of anilines is 1. The van der Waals surface area contributed by atoms with Gasteiger partial charge in [-0.15, -0.1) is 0 Å². The van der Waals surface area contributed by atoms with E-state index in [4.69, 9.17) is 9.47 Å². The molecule has 0 unspecified atom stereocenters. The third kappa shape index (κ3) is 6.97. The van der Waals surface area contributed by atoms with Crippen LogP contribution in [0.1, 0.15) is 18.4 Å². The Hall–Kier alpha value is -3.56. The van der Waals surface area contributed by atoms with Gasteiger partial charge in [-0.1, -0.05) is 30.3 Å². The number of aromatic nitrogens is 1. The van der Waals surface area contributed by atoms with Crippen LogP contribution in [0.3, 0.4) is 0 Å². The van der Waals surface area contributed by atoms with Crippen LogP contribution in [-0.2, 0) is 20.7 Å². The van der Waals surface area contributed by atoms with Gasteiger partial charge in [-0.05, 0) is 36.6 Å². The number of ether oxygens (including phenoxy) is 3. The van der Waals surface area contributed by atoms with E-state index < -0.39 is 6.09 Å². The zero-order valence-corrected chi connectivity index (χ0v) is 19.8. The van der Waals surface area contributed by atoms with E-state index in [1.54, 1.807) is 0 Å². The molecule has 0 spiro atoms. The quantitative estimate of drug-likeness (QED) is 0.354. The molecule has 2 atom stereocenters. The molecule has 1 aliphatic rings. The van der Waals surface area contributed by atoms with Gasteiger partial charge in [0.05, 0.1) is 31.4 Å². The van der Waals surface area contributed by atoms with Gasteiger partial charge < -0.3 is 35.1 Å². The minimum Gasteiger partial charge on any atom is -0.491 e. The zero-order valence-electron chi connectivity index (χ0n) is 19.8. The second-order valence-electron chi connectivity index (χ2n) is 8.46. The summed E-state index contributed by atoms with van der Waals surface area (Å²) in [6, 6.07) is 15.7. The van der Waals surface area contributed by atoms with Crippen LogP contribution < -0.4 is 20.7 Å². The smallest absolute Gasteiger partial charge is 0.407 e. The molecule has 0 radical (unpaired) electrons. The number of hydrogen-bond acceptors (Lipinski definition) is 6. The lowest BCUT2D eigenvalue weighted by Gasteiger charge is -2.31. The van der Waals surface area contributed by atoms with Crippen molar-refractivity contribution in [1.82, 2.24) is 15.6 Å². The summed E-state index contributed by atoms with van der Waals surface area (Å²) in [6.45, 7) is 2.01. The normalized spacial score (nSPS) is 17.6. The fraction of sp³-hybridized carbons (Fsp3) is 0.385. The number of carbonyl (C=O) groups excluding carboxylic acids is 2. The number of para-hydroxylation sites is 2. The molecule has 35 heavy (non-hydrogen) atoms. The molecule has 4 rings (SSSR count). The number of methoxy groups -OCH3 is 1. The summed E-state index contributed by atoms with van der Waals surface area (Å²) in [5, 5.41) is 9.84. The van der Waals surface area contributed by atoms with Crippen molar-refractivity contribution in [1.29, 1.82) is 0 Å². The molecule has 0 aliphatic carbocycles. The number of benzene rings is 2. The van der Waals surface area contributed by atoms with E-state index in [2.05, 4.69) is 31.7 Å². The van der Waals surface area contributed by atoms with E-state index in [9.17, 15) is 9.59 Å². The molecule has 1 aliphatic heterocycles. The molecule has 2 heterocycles. The molecule has 9 nitrogen and oxygen atoms in total. The van der Waals surface area contributed by atoms with Gasteiger partial charge in [0, 0.05) is 36.8 Å². The van der Waals surface area contributed by atoms with Crippen molar-refractivity contribution < 1.29 is 23.8 Å². The number of nitrogens with one attached hydrogen (secondary N) is 4. The number of rotatable bonds is 10. The third-order valence-electron chi connectivity index (χ3n) is 5.98. The highest BCUT2D eigenvalue weighted by atomic mass is 16.5. The number of amides is 2. The van der Waals surface area contributed by atoms with E-state index >= 15 is 0 Å². The van der Waals surface area contributed by atoms with Gasteiger partial charge in [0.2, 0.25) is 5.91 Å². The summed E-state index contributed by atoms with van der Waals surface area (Å²) in [7, 11) is 1.26. The Kier molecular flexibility index (Phi) is 8.58. The molecule has 186 valence electrons. The van der Waals surface area contributed by atoms with E-state index in [0.717, 1.165) is 60.3 Å². The Morgan fingerprint density at radius 3 is 2.74 bits per heavy atom. The number of alkyl carbamates (subject to hydrolysis) is 1. The molecule has 0 saturated carbocycles. The first-order valence-electron chi connectivity index (χ1n) is 11.9. The van der Waals surface area contributed by atoms with Gasteiger partial charge in [-0.3, -0.25) is 4.79 Å². The number of morpholine rings is 1. The topological polar surface area (TPSA) is 114 Å². The Balaban J connectivity index is 1.23. The highest BCUT2D eigenvalue weighted by Gasteiger charge is 2.22. The van der Waals surface area contributed by atoms with Gasteiger partial charge >= 0.3 is 6.09 Å². The van der Waals surface area contributed by atoms with E-state index in [1.807, 2.05) is 48.7 Å². The number of aryl methyl sites for hydroxylation is 1. The van der Waals surface area contributed by atoms with E-state index in [-0.39, 0.29) is 24.7 Å². The zero-order chi connectivity index (χ0) is 24.5. The molecule has 3 aromatic rings. The Bertz CT molecular complexity index is 1130. The monoisotopic (exact) mass is 480 g/mol. The molecule has 4 N–H and O–H groups in total. The van der Waals surface area contributed by atoms with Crippen LogP contribution in [0.25, 0.3) is 10.9 Å². The highest BCUT2D eigenvalue weighted by Crippen LogP contribution is 2.24. The SMILES string of the molecule is COC(=O)NCC(=O)Nc1ccccc1CC[C@@H]1CNC[C@@H](CCOc2cccc3cc[nH]c23)O1. The first kappa shape index (κ1) is 24.6. The molecule has 1 aromatic heterocycles. The summed E-state index contributed by atoms with van der Waals surface area (Å²) in [5.41, 5.74) is 2.77. The van der Waals surface area contributed by atoms with Gasteiger partial charge in [-0.25, -0.2) is 4.79 Å². The summed E-state index contributed by atoms with van der Waals surface area (Å²) in [6.07, 6.45) is 3.79. The lowest BCUT2D eigenvalue weighted by molar-refractivity contribution is -0.115. The summed E-state index contributed by atoms with van der Waals surface area (Å²) in [4.78, 5) is 26.6. The van der Waals surface area contributed by atoms with Crippen molar-refractivity contribution in [2.75, 3.05) is 38.7 Å². The molecule has 1 saturated heterocycles. The van der Waals surface area contributed by atoms with Gasteiger partial charge in [0.25, 0.3) is 0 Å². The fourth-order valence-electron chi connectivity index (χ4n) is 4.19. The van der Waals surface area contributed by atoms with Gasteiger partial charge in [0.1, 0.15) is 12.3 Å². The average molecular weight is 481 g/mol. The van der Waals surface area contributed by atoms with Crippen LogP contribution in [-0.4, -0.2) is 62.5 Å². The second kappa shape index (κ2) is 12.2. The first-order chi connectivity index (χ1) is 17.1. The maximum Gasteiger partial charge on any atom is 0.407 e. The summed E-state index contributed by atoms with van der Waals surface area (Å²) < 4.78 is 16.8. The number of carbonyl (C=O) groups is 2. The van der Waals surface area contributed by atoms with E-state index in [1.165, 1.54) is 7.11 Å². The molecule has 1 fully saturated rings. The van der Waals surface area contributed by atoms with E-state index in [0.29, 0.717) is 6.61 Å². The standard InChI is InChI=1S/C26H32N4O5/c1-33-26(32)29-17-24(31)30-22-7-3-2-5-18(22)9-10-20-15-27-16-21(35-20)12-14-34-23-8-4-6-19-11-13-28-25(19)23/h2-8,11,13,20-21,27-28H,9-10,12,14-17H2,1H3,(H,29,32)(H,30,31)/t20-,21-/m1/s1. The minimum absolute atomic E-state index is 0.0744. The number of H-pyrrole nitrogens is 1. The van der Waals surface area contributed by atoms with Crippen LogP contribution in [0.5, 0.6) is 5.75 Å². The Morgan fingerprint density at radius 1 is 1.06 bits per heavy atom. The minimum atomic E-state index is -0.642. The largest absolute Gasteiger partial charge is 0.491 e. The second-order valence-corrected chi connectivity index (χ2v) is 8.46. The molecular formula is C26H32N4O5. The number of aromatic amines is 1. The maximum atomic E-state index is 12.2. The summed E-state index contributed by atoms with van der Waals surface area (Å²) >= 11 is 0. The maximum absolute atomic E-state index is 12.2. The Labute approximate surface area is 204 Å². The van der Waals surface area contributed by atoms with Crippen LogP contribution in [0, 0.1) is 0 Å². The lowest BCUT2D eigenvalue weighted by atomic mass is 10.0. The predicted molar refractivity (Wildman–Crippen MR) is 134 cm³/mol.